The number of fused-ring (bicyclic) bond motifs is 1. The highest BCUT2D eigenvalue weighted by atomic mass is 32.1. The van der Waals surface area contributed by atoms with Gasteiger partial charge in [-0.1, -0.05) is 6.07 Å². The number of anilines is 1. The Hall–Kier alpha value is -2.60. The number of carbonyl (C=O) groups is 1. The molecule has 0 aliphatic heterocycles. The fourth-order valence-corrected chi connectivity index (χ4v) is 4.22. The zero-order chi connectivity index (χ0) is 17.2. The highest BCUT2D eigenvalue weighted by Gasteiger charge is 2.27. The summed E-state index contributed by atoms with van der Waals surface area (Å²) in [5.74, 6) is -0.523. The largest absolute Gasteiger partial charge is 0.326 e. The summed E-state index contributed by atoms with van der Waals surface area (Å²) in [5.41, 5.74) is 2.64. The molecule has 0 fully saturated rings. The molecular formula is C19H16FN3OS. The van der Waals surface area contributed by atoms with Crippen LogP contribution in [0.15, 0.2) is 48.8 Å². The van der Waals surface area contributed by atoms with Crippen LogP contribution < -0.4 is 5.32 Å². The normalized spacial score (nSPS) is 16.3. The van der Waals surface area contributed by atoms with Gasteiger partial charge in [-0.2, -0.15) is 0 Å². The van der Waals surface area contributed by atoms with Crippen LogP contribution in [0.3, 0.4) is 0 Å². The van der Waals surface area contributed by atoms with Crippen molar-refractivity contribution < 1.29 is 9.18 Å². The topological polar surface area (TPSA) is 54.9 Å². The molecule has 25 heavy (non-hydrogen) atoms. The van der Waals surface area contributed by atoms with Crippen LogP contribution in [0.4, 0.5) is 10.1 Å². The van der Waals surface area contributed by atoms with E-state index in [9.17, 15) is 9.18 Å². The van der Waals surface area contributed by atoms with Crippen LogP contribution in [0.25, 0.3) is 10.6 Å². The summed E-state index contributed by atoms with van der Waals surface area (Å²) in [6.07, 6.45) is 5.74. The highest BCUT2D eigenvalue weighted by molar-refractivity contribution is 7.15. The summed E-state index contributed by atoms with van der Waals surface area (Å²) < 4.78 is 13.3. The van der Waals surface area contributed by atoms with Crippen LogP contribution in [-0.2, 0) is 17.6 Å². The van der Waals surface area contributed by atoms with Gasteiger partial charge in [0.15, 0.2) is 0 Å². The third-order valence-electron chi connectivity index (χ3n) is 4.33. The van der Waals surface area contributed by atoms with Gasteiger partial charge < -0.3 is 5.32 Å². The lowest BCUT2D eigenvalue weighted by molar-refractivity contribution is -0.120. The molecule has 0 saturated heterocycles. The number of carbonyl (C=O) groups excluding carboxylic acids is 1. The zero-order valence-corrected chi connectivity index (χ0v) is 14.2. The Morgan fingerprint density at radius 1 is 1.24 bits per heavy atom. The van der Waals surface area contributed by atoms with Gasteiger partial charge in [0, 0.05) is 34.4 Å². The number of nitrogens with zero attached hydrogens (tertiary/aromatic N) is 2. The lowest BCUT2D eigenvalue weighted by atomic mass is 9.90. The number of amides is 1. The van der Waals surface area contributed by atoms with Gasteiger partial charge in [-0.3, -0.25) is 9.78 Å². The lowest BCUT2D eigenvalue weighted by Gasteiger charge is -2.20. The van der Waals surface area contributed by atoms with E-state index in [-0.39, 0.29) is 17.6 Å². The number of nitrogens with one attached hydrogen (secondary N) is 1. The second-order valence-corrected chi connectivity index (χ2v) is 7.15. The van der Waals surface area contributed by atoms with Gasteiger partial charge in [0.25, 0.3) is 0 Å². The maximum absolute atomic E-state index is 13.3. The number of pyridine rings is 1. The minimum absolute atomic E-state index is 0.0601. The third kappa shape index (κ3) is 3.44. The second-order valence-electron chi connectivity index (χ2n) is 6.06. The molecule has 1 atom stereocenters. The van der Waals surface area contributed by atoms with E-state index in [0.717, 1.165) is 34.0 Å². The Morgan fingerprint density at radius 2 is 2.08 bits per heavy atom. The minimum Gasteiger partial charge on any atom is -0.326 e. The molecule has 0 spiro atoms. The first-order valence-electron chi connectivity index (χ1n) is 8.14. The molecule has 3 aromatic rings. The maximum atomic E-state index is 13.3. The Kier molecular flexibility index (Phi) is 4.28. The van der Waals surface area contributed by atoms with Gasteiger partial charge in [-0.05, 0) is 49.6 Å². The van der Waals surface area contributed by atoms with Crippen LogP contribution in [-0.4, -0.2) is 15.9 Å². The van der Waals surface area contributed by atoms with Crippen LogP contribution in [0.2, 0.25) is 0 Å². The number of halogens is 1. The second kappa shape index (κ2) is 6.72. The van der Waals surface area contributed by atoms with Crippen molar-refractivity contribution in [3.8, 4) is 10.6 Å². The van der Waals surface area contributed by atoms with Gasteiger partial charge in [0.05, 0.1) is 5.69 Å². The minimum atomic E-state index is -0.354. The first-order valence-corrected chi connectivity index (χ1v) is 8.96. The highest BCUT2D eigenvalue weighted by Crippen LogP contribution is 2.34. The van der Waals surface area contributed by atoms with E-state index < -0.39 is 0 Å². The fourth-order valence-electron chi connectivity index (χ4n) is 3.03. The Balaban J connectivity index is 1.49. The molecule has 0 saturated carbocycles. The number of aryl methyl sites for hydroxylation is 1. The number of rotatable bonds is 3. The standard InChI is InChI=1S/C19H16FN3OS/c20-14-2-1-3-15(11-14)22-18(24)13-4-5-16-17(10-13)25-19(23-16)12-6-8-21-9-7-12/h1-3,6-9,11,13H,4-5,10H2,(H,22,24). The smallest absolute Gasteiger partial charge is 0.227 e. The molecule has 1 N–H and O–H groups in total. The van der Waals surface area contributed by atoms with Gasteiger partial charge in [-0.25, -0.2) is 9.37 Å². The SMILES string of the molecule is O=C(Nc1cccc(F)c1)C1CCc2nc(-c3ccncc3)sc2C1. The van der Waals surface area contributed by atoms with E-state index in [4.69, 9.17) is 4.98 Å². The summed E-state index contributed by atoms with van der Waals surface area (Å²) in [6.45, 7) is 0. The van der Waals surface area contributed by atoms with Crippen molar-refractivity contribution in [2.45, 2.75) is 19.3 Å². The number of hydrogen-bond donors (Lipinski definition) is 1. The van der Waals surface area contributed by atoms with Gasteiger partial charge in [0.1, 0.15) is 10.8 Å². The summed E-state index contributed by atoms with van der Waals surface area (Å²) in [6, 6.07) is 9.87. The van der Waals surface area contributed by atoms with Crippen molar-refractivity contribution in [1.29, 1.82) is 0 Å². The van der Waals surface area contributed by atoms with E-state index in [1.807, 2.05) is 12.1 Å². The molecule has 0 bridgehead atoms. The van der Waals surface area contributed by atoms with Crippen molar-refractivity contribution in [2.24, 2.45) is 5.92 Å². The molecule has 1 unspecified atom stereocenters. The summed E-state index contributed by atoms with van der Waals surface area (Å²) >= 11 is 1.64. The molecule has 126 valence electrons. The number of aromatic nitrogens is 2. The summed E-state index contributed by atoms with van der Waals surface area (Å²) in [4.78, 5) is 22.4. The van der Waals surface area contributed by atoms with Gasteiger partial charge in [-0.15, -0.1) is 11.3 Å². The monoisotopic (exact) mass is 353 g/mol. The zero-order valence-electron chi connectivity index (χ0n) is 13.4. The van der Waals surface area contributed by atoms with Crippen molar-refractivity contribution in [2.75, 3.05) is 5.32 Å². The molecule has 1 amide bonds. The summed E-state index contributed by atoms with van der Waals surface area (Å²) in [5, 5.41) is 3.79. The van der Waals surface area contributed by atoms with Crippen molar-refractivity contribution >= 4 is 22.9 Å². The van der Waals surface area contributed by atoms with Crippen molar-refractivity contribution in [1.82, 2.24) is 9.97 Å². The third-order valence-corrected chi connectivity index (χ3v) is 5.50. The Morgan fingerprint density at radius 3 is 2.88 bits per heavy atom. The molecule has 1 aliphatic carbocycles. The Labute approximate surface area is 148 Å². The molecule has 2 heterocycles. The first kappa shape index (κ1) is 15.9. The lowest BCUT2D eigenvalue weighted by Crippen LogP contribution is -2.27. The van der Waals surface area contributed by atoms with Gasteiger partial charge in [0.2, 0.25) is 5.91 Å². The van der Waals surface area contributed by atoms with Crippen molar-refractivity contribution in [3.63, 3.8) is 0 Å². The average Bonchev–Trinajstić information content (AvgIpc) is 3.06. The summed E-state index contributed by atoms with van der Waals surface area (Å²) in [7, 11) is 0. The molecule has 4 rings (SSSR count). The molecule has 6 heteroatoms. The molecule has 1 aliphatic rings. The molecule has 2 aromatic heterocycles. The van der Waals surface area contributed by atoms with E-state index in [1.54, 1.807) is 35.9 Å². The van der Waals surface area contributed by atoms with Crippen LogP contribution >= 0.6 is 11.3 Å². The van der Waals surface area contributed by atoms with Gasteiger partial charge >= 0.3 is 0 Å². The molecule has 4 nitrogen and oxygen atoms in total. The maximum Gasteiger partial charge on any atom is 0.227 e. The van der Waals surface area contributed by atoms with Crippen LogP contribution in [0, 0.1) is 11.7 Å². The van der Waals surface area contributed by atoms with Crippen LogP contribution in [0.1, 0.15) is 17.0 Å². The predicted molar refractivity (Wildman–Crippen MR) is 95.9 cm³/mol. The van der Waals surface area contributed by atoms with E-state index >= 15 is 0 Å². The quantitative estimate of drug-likeness (QED) is 0.772. The van der Waals surface area contributed by atoms with Crippen molar-refractivity contribution in [3.05, 3.63) is 65.2 Å². The average molecular weight is 353 g/mol. The van der Waals surface area contributed by atoms with E-state index in [2.05, 4.69) is 10.3 Å². The molecular weight excluding hydrogens is 337 g/mol. The van der Waals surface area contributed by atoms with Crippen LogP contribution in [0.5, 0.6) is 0 Å². The Bertz CT molecular complexity index is 910. The number of hydrogen-bond acceptors (Lipinski definition) is 4. The van der Waals surface area contributed by atoms with E-state index in [1.165, 1.54) is 12.1 Å². The van der Waals surface area contributed by atoms with E-state index in [0.29, 0.717) is 12.1 Å². The fraction of sp³-hybridized carbons (Fsp3) is 0.211. The number of thiazole rings is 1. The first-order chi connectivity index (χ1) is 12.2. The number of benzene rings is 1. The molecule has 1 aromatic carbocycles. The molecule has 0 radical (unpaired) electrons. The predicted octanol–water partition coefficient (Wildman–Crippen LogP) is 4.09.